The standard InChI is InChI=1S/C19H20N2O3/c22-18(19(23)21-13-7-2-8-14-21)20-16-11-5-6-12-17(16)24-15-9-3-1-4-10-15/h1,3-6,9-12H,2,7-8,13-14H2,(H,20,22). The quantitative estimate of drug-likeness (QED) is 0.880. The summed E-state index contributed by atoms with van der Waals surface area (Å²) in [7, 11) is 0. The van der Waals surface area contributed by atoms with Crippen LogP contribution in [0.3, 0.4) is 0 Å². The molecule has 24 heavy (non-hydrogen) atoms. The molecule has 1 saturated heterocycles. The highest BCUT2D eigenvalue weighted by molar-refractivity contribution is 6.39. The van der Waals surface area contributed by atoms with Crippen LogP contribution in [0.2, 0.25) is 0 Å². The van der Waals surface area contributed by atoms with E-state index in [0.29, 0.717) is 30.3 Å². The van der Waals surface area contributed by atoms with E-state index in [2.05, 4.69) is 5.32 Å². The van der Waals surface area contributed by atoms with Crippen molar-refractivity contribution in [1.29, 1.82) is 0 Å². The summed E-state index contributed by atoms with van der Waals surface area (Å²) in [5, 5.41) is 2.67. The summed E-state index contributed by atoms with van der Waals surface area (Å²) >= 11 is 0. The van der Waals surface area contributed by atoms with Crippen LogP contribution < -0.4 is 10.1 Å². The molecule has 1 aliphatic rings. The number of rotatable bonds is 3. The lowest BCUT2D eigenvalue weighted by Crippen LogP contribution is -2.42. The molecule has 1 N–H and O–H groups in total. The van der Waals surface area contributed by atoms with Crippen molar-refractivity contribution >= 4 is 17.5 Å². The average Bonchev–Trinajstić information content (AvgIpc) is 2.64. The van der Waals surface area contributed by atoms with Gasteiger partial charge in [-0.25, -0.2) is 0 Å². The fourth-order valence-electron chi connectivity index (χ4n) is 2.69. The van der Waals surface area contributed by atoms with Gasteiger partial charge in [-0.05, 0) is 43.5 Å². The molecule has 1 heterocycles. The van der Waals surface area contributed by atoms with Crippen molar-refractivity contribution in [2.45, 2.75) is 19.3 Å². The molecule has 124 valence electrons. The van der Waals surface area contributed by atoms with Gasteiger partial charge in [-0.2, -0.15) is 0 Å². The maximum Gasteiger partial charge on any atom is 0.314 e. The second-order valence-corrected chi connectivity index (χ2v) is 5.72. The Bertz CT molecular complexity index is 710. The molecule has 2 aromatic carbocycles. The molecule has 0 bridgehead atoms. The van der Waals surface area contributed by atoms with E-state index in [4.69, 9.17) is 4.74 Å². The summed E-state index contributed by atoms with van der Waals surface area (Å²) in [5.41, 5.74) is 0.483. The fourth-order valence-corrected chi connectivity index (χ4v) is 2.69. The molecule has 0 aromatic heterocycles. The second kappa shape index (κ2) is 7.64. The van der Waals surface area contributed by atoms with Crippen LogP contribution in [0.1, 0.15) is 19.3 Å². The first-order valence-electron chi connectivity index (χ1n) is 8.16. The van der Waals surface area contributed by atoms with Crippen LogP contribution in [0.15, 0.2) is 54.6 Å². The van der Waals surface area contributed by atoms with Crippen molar-refractivity contribution in [1.82, 2.24) is 4.90 Å². The highest BCUT2D eigenvalue weighted by Gasteiger charge is 2.24. The lowest BCUT2D eigenvalue weighted by molar-refractivity contribution is -0.143. The molecule has 0 radical (unpaired) electrons. The van der Waals surface area contributed by atoms with Gasteiger partial charge in [0, 0.05) is 13.1 Å². The monoisotopic (exact) mass is 324 g/mol. The Kier molecular flexibility index (Phi) is 5.11. The molecule has 0 saturated carbocycles. The molecule has 2 amide bonds. The first kappa shape index (κ1) is 16.1. The van der Waals surface area contributed by atoms with Crippen molar-refractivity contribution in [2.24, 2.45) is 0 Å². The third kappa shape index (κ3) is 3.93. The van der Waals surface area contributed by atoms with Gasteiger partial charge >= 0.3 is 11.8 Å². The van der Waals surface area contributed by atoms with Crippen molar-refractivity contribution in [2.75, 3.05) is 18.4 Å². The molecule has 0 aliphatic carbocycles. The third-order valence-corrected chi connectivity index (χ3v) is 3.94. The van der Waals surface area contributed by atoms with Gasteiger partial charge in [0.1, 0.15) is 5.75 Å². The maximum atomic E-state index is 12.3. The topological polar surface area (TPSA) is 58.6 Å². The van der Waals surface area contributed by atoms with Crippen molar-refractivity contribution in [3.05, 3.63) is 54.6 Å². The van der Waals surface area contributed by atoms with E-state index in [-0.39, 0.29) is 0 Å². The van der Waals surface area contributed by atoms with Gasteiger partial charge < -0.3 is 15.0 Å². The largest absolute Gasteiger partial charge is 0.455 e. The summed E-state index contributed by atoms with van der Waals surface area (Å²) in [4.78, 5) is 26.1. The Morgan fingerprint density at radius 3 is 2.29 bits per heavy atom. The van der Waals surface area contributed by atoms with E-state index >= 15 is 0 Å². The number of nitrogens with one attached hydrogen (secondary N) is 1. The molecular weight excluding hydrogens is 304 g/mol. The molecule has 0 unspecified atom stereocenters. The molecule has 1 aliphatic heterocycles. The number of carbonyl (C=O) groups is 2. The van der Waals surface area contributed by atoms with E-state index in [1.807, 2.05) is 36.4 Å². The number of likely N-dealkylation sites (tertiary alicyclic amines) is 1. The minimum Gasteiger partial charge on any atom is -0.455 e. The summed E-state index contributed by atoms with van der Waals surface area (Å²) in [6, 6.07) is 16.4. The summed E-state index contributed by atoms with van der Waals surface area (Å²) < 4.78 is 5.80. The first-order valence-corrected chi connectivity index (χ1v) is 8.16. The fraction of sp³-hybridized carbons (Fsp3) is 0.263. The SMILES string of the molecule is O=C(Nc1ccccc1Oc1ccccc1)C(=O)N1CCCCC1. The van der Waals surface area contributed by atoms with E-state index in [1.165, 1.54) is 0 Å². The summed E-state index contributed by atoms with van der Waals surface area (Å²) in [6.45, 7) is 1.29. The number of hydrogen-bond donors (Lipinski definition) is 1. The average molecular weight is 324 g/mol. The van der Waals surface area contributed by atoms with E-state index < -0.39 is 11.8 Å². The smallest absolute Gasteiger partial charge is 0.314 e. The molecule has 0 spiro atoms. The molecule has 5 nitrogen and oxygen atoms in total. The Morgan fingerprint density at radius 2 is 1.54 bits per heavy atom. The number of ether oxygens (including phenoxy) is 1. The van der Waals surface area contributed by atoms with Crippen LogP contribution in [0.25, 0.3) is 0 Å². The number of amides is 2. The van der Waals surface area contributed by atoms with Crippen LogP contribution in [0.5, 0.6) is 11.5 Å². The zero-order chi connectivity index (χ0) is 16.8. The van der Waals surface area contributed by atoms with Gasteiger partial charge in [0.15, 0.2) is 5.75 Å². The number of hydrogen-bond acceptors (Lipinski definition) is 3. The van der Waals surface area contributed by atoms with Gasteiger partial charge in [-0.1, -0.05) is 30.3 Å². The Morgan fingerprint density at radius 1 is 0.875 bits per heavy atom. The van der Waals surface area contributed by atoms with Crippen LogP contribution in [0.4, 0.5) is 5.69 Å². The van der Waals surface area contributed by atoms with Crippen molar-refractivity contribution in [3.8, 4) is 11.5 Å². The van der Waals surface area contributed by atoms with Crippen molar-refractivity contribution in [3.63, 3.8) is 0 Å². The van der Waals surface area contributed by atoms with Crippen LogP contribution in [-0.2, 0) is 9.59 Å². The second-order valence-electron chi connectivity index (χ2n) is 5.72. The van der Waals surface area contributed by atoms with Gasteiger partial charge in [0.2, 0.25) is 0 Å². The zero-order valence-corrected chi connectivity index (χ0v) is 13.4. The first-order chi connectivity index (χ1) is 11.7. The predicted octanol–water partition coefficient (Wildman–Crippen LogP) is 3.43. The lowest BCUT2D eigenvalue weighted by atomic mass is 10.1. The highest BCUT2D eigenvalue weighted by Crippen LogP contribution is 2.29. The lowest BCUT2D eigenvalue weighted by Gasteiger charge is -2.26. The van der Waals surface area contributed by atoms with E-state index in [9.17, 15) is 9.59 Å². The molecule has 1 fully saturated rings. The molecular formula is C19H20N2O3. The van der Waals surface area contributed by atoms with Crippen molar-refractivity contribution < 1.29 is 14.3 Å². The number of nitrogens with zero attached hydrogens (tertiary/aromatic N) is 1. The zero-order valence-electron chi connectivity index (χ0n) is 13.4. The van der Waals surface area contributed by atoms with Crippen LogP contribution in [0, 0.1) is 0 Å². The van der Waals surface area contributed by atoms with Gasteiger partial charge in [-0.3, -0.25) is 9.59 Å². The van der Waals surface area contributed by atoms with Gasteiger partial charge in [0.25, 0.3) is 0 Å². The Hall–Kier alpha value is -2.82. The number of para-hydroxylation sites is 3. The molecule has 3 rings (SSSR count). The van der Waals surface area contributed by atoms with E-state index in [1.54, 1.807) is 23.1 Å². The Balaban J connectivity index is 1.70. The van der Waals surface area contributed by atoms with Crippen LogP contribution in [-0.4, -0.2) is 29.8 Å². The number of carbonyl (C=O) groups excluding carboxylic acids is 2. The molecule has 0 atom stereocenters. The maximum absolute atomic E-state index is 12.3. The summed E-state index contributed by atoms with van der Waals surface area (Å²) in [5.74, 6) is 0.0651. The normalized spacial score (nSPS) is 14.1. The third-order valence-electron chi connectivity index (χ3n) is 3.94. The highest BCUT2D eigenvalue weighted by atomic mass is 16.5. The summed E-state index contributed by atoms with van der Waals surface area (Å²) in [6.07, 6.45) is 3.01. The molecule has 2 aromatic rings. The van der Waals surface area contributed by atoms with Gasteiger partial charge in [0.05, 0.1) is 5.69 Å². The number of benzene rings is 2. The minimum absolute atomic E-state index is 0.482. The Labute approximate surface area is 141 Å². The number of anilines is 1. The van der Waals surface area contributed by atoms with Crippen LogP contribution >= 0.6 is 0 Å². The minimum atomic E-state index is -0.624. The predicted molar refractivity (Wildman–Crippen MR) is 92.0 cm³/mol. The van der Waals surface area contributed by atoms with Gasteiger partial charge in [-0.15, -0.1) is 0 Å². The number of piperidine rings is 1. The van der Waals surface area contributed by atoms with E-state index in [0.717, 1.165) is 19.3 Å². The molecule has 5 heteroatoms.